The van der Waals surface area contributed by atoms with Crippen LogP contribution in [0.4, 0.5) is 4.79 Å². The zero-order chi connectivity index (χ0) is 23.0. The minimum absolute atomic E-state index is 0.107. The second-order valence-electron chi connectivity index (χ2n) is 9.20. The van der Waals surface area contributed by atoms with Crippen LogP contribution < -0.4 is 5.32 Å². The molecule has 172 valence electrons. The largest absolute Gasteiger partial charge is 0.444 e. The van der Waals surface area contributed by atoms with E-state index in [0.717, 1.165) is 31.5 Å². The van der Waals surface area contributed by atoms with E-state index in [0.29, 0.717) is 19.4 Å². The van der Waals surface area contributed by atoms with Crippen LogP contribution >= 0.6 is 0 Å². The molecule has 1 atom stereocenters. The molecule has 1 N–H and O–H groups in total. The molecule has 31 heavy (non-hydrogen) atoms. The highest BCUT2D eigenvalue weighted by Crippen LogP contribution is 2.24. The van der Waals surface area contributed by atoms with Gasteiger partial charge in [0.2, 0.25) is 11.8 Å². The van der Waals surface area contributed by atoms with Gasteiger partial charge in [0.25, 0.3) is 0 Å². The van der Waals surface area contributed by atoms with E-state index in [9.17, 15) is 14.4 Å². The van der Waals surface area contributed by atoms with Gasteiger partial charge in [-0.1, -0.05) is 29.8 Å². The Labute approximate surface area is 186 Å². The van der Waals surface area contributed by atoms with E-state index in [1.165, 1.54) is 19.0 Å². The summed E-state index contributed by atoms with van der Waals surface area (Å²) in [6.45, 7) is 9.76. The molecule has 2 saturated heterocycles. The first-order valence-electron chi connectivity index (χ1n) is 11.2. The minimum atomic E-state index is -0.389. The van der Waals surface area contributed by atoms with Crippen molar-refractivity contribution in [1.82, 2.24) is 15.1 Å². The molecule has 1 aromatic rings. The van der Waals surface area contributed by atoms with Crippen LogP contribution in [0, 0.1) is 6.92 Å². The average molecular weight is 432 g/mol. The van der Waals surface area contributed by atoms with Gasteiger partial charge in [-0.3, -0.25) is 9.59 Å². The molecule has 0 saturated carbocycles. The van der Waals surface area contributed by atoms with Crippen molar-refractivity contribution in [1.29, 1.82) is 0 Å². The van der Waals surface area contributed by atoms with Crippen molar-refractivity contribution >= 4 is 17.9 Å². The van der Waals surface area contributed by atoms with Gasteiger partial charge in [0.15, 0.2) is 0 Å². The molecule has 0 aliphatic carbocycles. The Morgan fingerprint density at radius 3 is 2.23 bits per heavy atom. The number of alkyl carbamates (subject to hydrolysis) is 1. The lowest BCUT2D eigenvalue weighted by atomic mass is 10.1. The van der Waals surface area contributed by atoms with Crippen molar-refractivity contribution < 1.29 is 19.1 Å². The van der Waals surface area contributed by atoms with Crippen molar-refractivity contribution in [2.24, 2.45) is 0 Å². The molecule has 2 fully saturated rings. The number of nitrogens with zero attached hydrogens (tertiary/aromatic N) is 2. The molecule has 3 rings (SSSR count). The number of hydrogen-bond donors (Lipinski definition) is 1. The van der Waals surface area contributed by atoms with E-state index in [4.69, 9.17) is 4.74 Å². The van der Waals surface area contributed by atoms with Crippen molar-refractivity contribution in [2.75, 3.05) is 20.1 Å². The van der Waals surface area contributed by atoms with Gasteiger partial charge >= 0.3 is 6.09 Å². The predicted molar refractivity (Wildman–Crippen MR) is 120 cm³/mol. The summed E-state index contributed by atoms with van der Waals surface area (Å²) in [7, 11) is 1.54. The van der Waals surface area contributed by atoms with Crippen molar-refractivity contribution in [3.8, 4) is 0 Å². The van der Waals surface area contributed by atoms with E-state index < -0.39 is 0 Å². The standard InChI is InChI=1S/C18H24N2O2.C6H13NO2/c1-14-5-7-15(8-6-14)13-20-16(9-10-17(20)21)18(22)19-11-3-2-4-12-19;1-6(2,3)9-5(8)7-4/h5-8,16H,2-4,9-13H2,1H3;1-4H3,(H,7,8). The third kappa shape index (κ3) is 7.89. The number of carbonyl (C=O) groups is 3. The Morgan fingerprint density at radius 2 is 1.71 bits per heavy atom. The van der Waals surface area contributed by atoms with Crippen molar-refractivity contribution in [3.05, 3.63) is 35.4 Å². The Hall–Kier alpha value is -2.57. The summed E-state index contributed by atoms with van der Waals surface area (Å²) in [5.41, 5.74) is 1.91. The molecule has 0 bridgehead atoms. The molecule has 3 amide bonds. The van der Waals surface area contributed by atoms with Crippen molar-refractivity contribution in [2.45, 2.75) is 78.0 Å². The van der Waals surface area contributed by atoms with Crippen LogP contribution in [0.15, 0.2) is 24.3 Å². The Bertz CT molecular complexity index is 749. The molecule has 2 aliphatic heterocycles. The van der Waals surface area contributed by atoms with Crippen LogP contribution in [0.5, 0.6) is 0 Å². The number of carbonyl (C=O) groups excluding carboxylic acids is 3. The lowest BCUT2D eigenvalue weighted by molar-refractivity contribution is -0.142. The first kappa shape index (κ1) is 24.7. The smallest absolute Gasteiger partial charge is 0.407 e. The maximum Gasteiger partial charge on any atom is 0.407 e. The van der Waals surface area contributed by atoms with Crippen molar-refractivity contribution in [3.63, 3.8) is 0 Å². The minimum Gasteiger partial charge on any atom is -0.444 e. The van der Waals surface area contributed by atoms with E-state index >= 15 is 0 Å². The number of ether oxygens (including phenoxy) is 1. The van der Waals surface area contributed by atoms with Gasteiger partial charge in [-0.05, 0) is 58.9 Å². The van der Waals surface area contributed by atoms with Gasteiger partial charge in [-0.25, -0.2) is 4.79 Å². The number of rotatable bonds is 3. The third-order valence-corrected chi connectivity index (χ3v) is 5.36. The van der Waals surface area contributed by atoms with Crippen LogP contribution in [0.2, 0.25) is 0 Å². The SMILES string of the molecule is CNC(=O)OC(C)(C)C.Cc1ccc(CN2C(=O)CCC2C(=O)N2CCCCC2)cc1. The quantitative estimate of drug-likeness (QED) is 0.793. The molecular formula is C24H37N3O4. The topological polar surface area (TPSA) is 79.0 Å². The average Bonchev–Trinajstić information content (AvgIpc) is 3.09. The highest BCUT2D eigenvalue weighted by atomic mass is 16.6. The number of likely N-dealkylation sites (tertiary alicyclic amines) is 2. The summed E-state index contributed by atoms with van der Waals surface area (Å²) in [5, 5.41) is 2.36. The normalized spacial score (nSPS) is 18.9. The third-order valence-electron chi connectivity index (χ3n) is 5.36. The number of nitrogens with one attached hydrogen (secondary N) is 1. The summed E-state index contributed by atoms with van der Waals surface area (Å²) in [4.78, 5) is 39.2. The lowest BCUT2D eigenvalue weighted by Crippen LogP contribution is -2.48. The first-order valence-corrected chi connectivity index (χ1v) is 11.2. The summed E-state index contributed by atoms with van der Waals surface area (Å²) < 4.78 is 4.84. The number of benzene rings is 1. The molecule has 0 aromatic heterocycles. The van der Waals surface area contributed by atoms with Gasteiger partial charge in [-0.15, -0.1) is 0 Å². The monoisotopic (exact) mass is 431 g/mol. The van der Waals surface area contributed by atoms with Gasteiger partial charge in [0, 0.05) is 33.1 Å². The number of hydrogen-bond acceptors (Lipinski definition) is 4. The van der Waals surface area contributed by atoms with Gasteiger partial charge in [0.1, 0.15) is 11.6 Å². The van der Waals surface area contributed by atoms with Gasteiger partial charge in [-0.2, -0.15) is 0 Å². The van der Waals surface area contributed by atoms with E-state index in [1.54, 1.807) is 4.90 Å². The molecule has 7 heteroatoms. The molecule has 0 spiro atoms. The van der Waals surface area contributed by atoms with Crippen LogP contribution in [-0.2, 0) is 20.9 Å². The molecule has 1 unspecified atom stereocenters. The zero-order valence-electron chi connectivity index (χ0n) is 19.6. The molecule has 1 aromatic carbocycles. The van der Waals surface area contributed by atoms with Crippen LogP contribution in [0.3, 0.4) is 0 Å². The molecule has 0 radical (unpaired) electrons. The second-order valence-corrected chi connectivity index (χ2v) is 9.20. The molecule has 2 heterocycles. The second kappa shape index (κ2) is 11.2. The fourth-order valence-electron chi connectivity index (χ4n) is 3.73. The zero-order valence-corrected chi connectivity index (χ0v) is 19.6. The molecule has 7 nitrogen and oxygen atoms in total. The van der Waals surface area contributed by atoms with E-state index in [2.05, 4.69) is 17.4 Å². The highest BCUT2D eigenvalue weighted by molar-refractivity contribution is 5.91. The Balaban J connectivity index is 0.000000323. The van der Waals surface area contributed by atoms with Crippen LogP contribution in [0.25, 0.3) is 0 Å². The van der Waals surface area contributed by atoms with Gasteiger partial charge in [0.05, 0.1) is 0 Å². The first-order chi connectivity index (χ1) is 14.6. The summed E-state index contributed by atoms with van der Waals surface area (Å²) in [6, 6.07) is 7.94. The number of amides is 3. The summed E-state index contributed by atoms with van der Waals surface area (Å²) in [5.74, 6) is 0.258. The Morgan fingerprint density at radius 1 is 1.10 bits per heavy atom. The lowest BCUT2D eigenvalue weighted by Gasteiger charge is -2.32. The molecular weight excluding hydrogens is 394 g/mol. The Kier molecular flexibility index (Phi) is 8.89. The van der Waals surface area contributed by atoms with E-state index in [-0.39, 0.29) is 29.6 Å². The summed E-state index contributed by atoms with van der Waals surface area (Å²) in [6.07, 6.45) is 4.16. The number of piperidine rings is 1. The fourth-order valence-corrected chi connectivity index (χ4v) is 3.73. The van der Waals surface area contributed by atoms with Gasteiger partial charge < -0.3 is 19.9 Å². The fraction of sp³-hybridized carbons (Fsp3) is 0.625. The van der Waals surface area contributed by atoms with Crippen LogP contribution in [-0.4, -0.2) is 59.5 Å². The van der Waals surface area contributed by atoms with Crippen LogP contribution in [0.1, 0.15) is 64.0 Å². The predicted octanol–water partition coefficient (Wildman–Crippen LogP) is 3.64. The summed E-state index contributed by atoms with van der Waals surface area (Å²) >= 11 is 0. The highest BCUT2D eigenvalue weighted by Gasteiger charge is 2.38. The number of aryl methyl sites for hydroxylation is 1. The maximum atomic E-state index is 12.7. The molecule has 2 aliphatic rings. The van der Waals surface area contributed by atoms with E-state index in [1.807, 2.05) is 44.7 Å². The maximum absolute atomic E-state index is 12.7.